The Morgan fingerprint density at radius 1 is 0.667 bits per heavy atom. The monoisotopic (exact) mass is 277 g/mol. The van der Waals surface area contributed by atoms with Crippen LogP contribution in [0, 0.1) is 0 Å². The van der Waals surface area contributed by atoms with E-state index in [1.165, 1.54) is 6.26 Å². The van der Waals surface area contributed by atoms with E-state index in [-0.39, 0.29) is 11.6 Å². The van der Waals surface area contributed by atoms with Crippen LogP contribution in [-0.2, 0) is 0 Å². The molecule has 0 spiro atoms. The van der Waals surface area contributed by atoms with E-state index in [1.54, 1.807) is 60.8 Å². The van der Waals surface area contributed by atoms with Crippen LogP contribution in [0.3, 0.4) is 0 Å². The van der Waals surface area contributed by atoms with Gasteiger partial charge in [0.2, 0.25) is 0 Å². The Morgan fingerprint density at radius 2 is 1.10 bits per heavy atom. The van der Waals surface area contributed by atoms with E-state index in [9.17, 15) is 9.59 Å². The highest BCUT2D eigenvalue weighted by Gasteiger charge is 2.28. The topological polar surface area (TPSA) is 60.2 Å². The molecular formula is C17H11NO3. The quantitative estimate of drug-likeness (QED) is 0.495. The number of hydrogen-bond donors (Lipinski definition) is 0. The Bertz CT molecular complexity index is 669. The molecule has 4 nitrogen and oxygen atoms in total. The average Bonchev–Trinajstić information content (AvgIpc) is 3.12. The zero-order valence-electron chi connectivity index (χ0n) is 11.0. The molecule has 0 radical (unpaired) electrons. The zero-order valence-corrected chi connectivity index (χ0v) is 11.0. The van der Waals surface area contributed by atoms with Crippen molar-refractivity contribution in [3.05, 3.63) is 89.3 Å². The molecule has 2 aromatic carbocycles. The molecule has 0 saturated carbocycles. The third-order valence-electron chi connectivity index (χ3n) is 3.18. The summed E-state index contributed by atoms with van der Waals surface area (Å²) in [7, 11) is 0. The van der Waals surface area contributed by atoms with E-state index < -0.39 is 0 Å². The van der Waals surface area contributed by atoms with Crippen LogP contribution in [0.1, 0.15) is 31.8 Å². The van der Waals surface area contributed by atoms with E-state index in [0.29, 0.717) is 22.3 Å². The fourth-order valence-electron chi connectivity index (χ4n) is 2.22. The lowest BCUT2D eigenvalue weighted by molar-refractivity contribution is 0.0979. The average molecular weight is 277 g/mol. The molecular weight excluding hydrogens is 266 g/mol. The van der Waals surface area contributed by atoms with Gasteiger partial charge in [0.15, 0.2) is 11.6 Å². The lowest BCUT2D eigenvalue weighted by atomic mass is 9.84. The summed E-state index contributed by atoms with van der Waals surface area (Å²) < 4.78 is 4.33. The standard InChI is InChI=1S/C14H8O2.C3H3NO/c15-13-9-5-1-2-6-10(9)14(16)12-8-4-3-7-11(12)13;1-2-4-5-3-1/h1-8H;1-3H. The van der Waals surface area contributed by atoms with Gasteiger partial charge in [-0.25, -0.2) is 0 Å². The van der Waals surface area contributed by atoms with Gasteiger partial charge in [0.25, 0.3) is 0 Å². The minimum atomic E-state index is -0.0641. The van der Waals surface area contributed by atoms with Crippen molar-refractivity contribution in [3.8, 4) is 0 Å². The maximum Gasteiger partial charge on any atom is 0.194 e. The number of ketones is 2. The summed E-state index contributed by atoms with van der Waals surface area (Å²) in [4.78, 5) is 24.2. The molecule has 0 amide bonds. The maximum absolute atomic E-state index is 12.1. The minimum absolute atomic E-state index is 0.0641. The highest BCUT2D eigenvalue weighted by Crippen LogP contribution is 2.26. The van der Waals surface area contributed by atoms with Crippen LogP contribution >= 0.6 is 0 Å². The van der Waals surface area contributed by atoms with Crippen LogP contribution in [0.25, 0.3) is 0 Å². The third-order valence-corrected chi connectivity index (χ3v) is 3.18. The molecule has 4 heteroatoms. The minimum Gasteiger partial charge on any atom is -0.365 e. The first-order valence-corrected chi connectivity index (χ1v) is 6.41. The lowest BCUT2D eigenvalue weighted by Gasteiger charge is -2.16. The van der Waals surface area contributed by atoms with E-state index in [2.05, 4.69) is 9.68 Å². The van der Waals surface area contributed by atoms with Crippen molar-refractivity contribution in [2.24, 2.45) is 0 Å². The number of aromatic nitrogens is 1. The molecule has 1 aromatic heterocycles. The van der Waals surface area contributed by atoms with E-state index in [4.69, 9.17) is 0 Å². The number of fused-ring (bicyclic) bond motifs is 2. The summed E-state index contributed by atoms with van der Waals surface area (Å²) in [5, 5.41) is 3.35. The number of rotatable bonds is 0. The summed E-state index contributed by atoms with van der Waals surface area (Å²) in [5.41, 5.74) is 2.02. The number of benzene rings is 2. The molecule has 0 unspecified atom stereocenters. The molecule has 0 bridgehead atoms. The van der Waals surface area contributed by atoms with Crippen LogP contribution in [-0.4, -0.2) is 16.7 Å². The number of nitrogens with zero attached hydrogens (tertiary/aromatic N) is 1. The molecule has 4 rings (SSSR count). The SMILES string of the molecule is O=C1c2ccccc2C(=O)c2ccccc21.c1cnoc1. The molecule has 1 aliphatic rings. The second kappa shape index (κ2) is 5.54. The Morgan fingerprint density at radius 3 is 1.33 bits per heavy atom. The summed E-state index contributed by atoms with van der Waals surface area (Å²) >= 11 is 0. The van der Waals surface area contributed by atoms with Gasteiger partial charge >= 0.3 is 0 Å². The van der Waals surface area contributed by atoms with Gasteiger partial charge in [-0.2, -0.15) is 0 Å². The number of carbonyl (C=O) groups is 2. The molecule has 21 heavy (non-hydrogen) atoms. The van der Waals surface area contributed by atoms with Crippen LogP contribution in [0.5, 0.6) is 0 Å². The van der Waals surface area contributed by atoms with Crippen molar-refractivity contribution in [1.82, 2.24) is 5.16 Å². The van der Waals surface area contributed by atoms with E-state index in [0.717, 1.165) is 0 Å². The van der Waals surface area contributed by atoms with Gasteiger partial charge in [0.05, 0.1) is 6.20 Å². The van der Waals surface area contributed by atoms with Crippen LogP contribution in [0.4, 0.5) is 0 Å². The van der Waals surface area contributed by atoms with Crippen molar-refractivity contribution in [2.75, 3.05) is 0 Å². The smallest absolute Gasteiger partial charge is 0.194 e. The van der Waals surface area contributed by atoms with Crippen LogP contribution < -0.4 is 0 Å². The van der Waals surface area contributed by atoms with Gasteiger partial charge in [0.1, 0.15) is 6.26 Å². The Kier molecular flexibility index (Phi) is 3.43. The lowest BCUT2D eigenvalue weighted by Crippen LogP contribution is -2.20. The molecule has 0 aliphatic heterocycles. The van der Waals surface area contributed by atoms with E-state index in [1.807, 2.05) is 0 Å². The van der Waals surface area contributed by atoms with Crippen molar-refractivity contribution < 1.29 is 14.1 Å². The molecule has 0 fully saturated rings. The summed E-state index contributed by atoms with van der Waals surface area (Å²) in [6.45, 7) is 0. The van der Waals surface area contributed by atoms with E-state index >= 15 is 0 Å². The van der Waals surface area contributed by atoms with Crippen molar-refractivity contribution in [3.63, 3.8) is 0 Å². The highest BCUT2D eigenvalue weighted by atomic mass is 16.5. The molecule has 0 saturated heterocycles. The fourth-order valence-corrected chi connectivity index (χ4v) is 2.22. The predicted molar refractivity (Wildman–Crippen MR) is 76.3 cm³/mol. The zero-order chi connectivity index (χ0) is 14.7. The van der Waals surface area contributed by atoms with Gasteiger partial charge in [0, 0.05) is 22.3 Å². The van der Waals surface area contributed by atoms with Crippen molar-refractivity contribution in [2.45, 2.75) is 0 Å². The first-order valence-electron chi connectivity index (χ1n) is 6.41. The summed E-state index contributed by atoms with van der Waals surface area (Å²) in [6.07, 6.45) is 3.10. The van der Waals surface area contributed by atoms with Gasteiger partial charge < -0.3 is 4.52 Å². The van der Waals surface area contributed by atoms with Gasteiger partial charge in [-0.3, -0.25) is 9.59 Å². The third kappa shape index (κ3) is 2.39. The Balaban J connectivity index is 0.000000225. The summed E-state index contributed by atoms with van der Waals surface area (Å²) in [6, 6.07) is 15.6. The largest absolute Gasteiger partial charge is 0.365 e. The first-order chi connectivity index (χ1) is 10.3. The van der Waals surface area contributed by atoms with Gasteiger partial charge in [-0.1, -0.05) is 53.7 Å². The maximum atomic E-state index is 12.1. The molecule has 1 heterocycles. The highest BCUT2D eigenvalue weighted by molar-refractivity contribution is 6.28. The molecule has 102 valence electrons. The Labute approximate surface area is 121 Å². The van der Waals surface area contributed by atoms with Gasteiger partial charge in [-0.05, 0) is 6.07 Å². The van der Waals surface area contributed by atoms with Crippen molar-refractivity contribution >= 4 is 11.6 Å². The molecule has 1 aliphatic carbocycles. The fraction of sp³-hybridized carbons (Fsp3) is 0. The predicted octanol–water partition coefficient (Wildman–Crippen LogP) is 3.14. The second-order valence-corrected chi connectivity index (χ2v) is 4.44. The first kappa shape index (κ1) is 13.0. The van der Waals surface area contributed by atoms with Crippen LogP contribution in [0.2, 0.25) is 0 Å². The Hall–Kier alpha value is -3.01. The number of hydrogen-bond acceptors (Lipinski definition) is 4. The molecule has 3 aromatic rings. The second-order valence-electron chi connectivity index (χ2n) is 4.44. The van der Waals surface area contributed by atoms with Crippen LogP contribution in [0.15, 0.2) is 71.6 Å². The van der Waals surface area contributed by atoms with Crippen molar-refractivity contribution in [1.29, 1.82) is 0 Å². The molecule has 0 atom stereocenters. The number of carbonyl (C=O) groups excluding carboxylic acids is 2. The van der Waals surface area contributed by atoms with Gasteiger partial charge in [-0.15, -0.1) is 0 Å². The normalized spacial score (nSPS) is 12.0. The molecule has 0 N–H and O–H groups in total. The summed E-state index contributed by atoms with van der Waals surface area (Å²) in [5.74, 6) is -0.128.